The van der Waals surface area contributed by atoms with Crippen LogP contribution in [0.1, 0.15) is 11.1 Å². The largest absolute Gasteiger partial charge is 0.612 e. The van der Waals surface area contributed by atoms with Gasteiger partial charge in [-0.05, 0) is 54.3 Å². The summed E-state index contributed by atoms with van der Waals surface area (Å²) in [7, 11) is 1.63. The first-order valence-electron chi connectivity index (χ1n) is 5.46. The van der Waals surface area contributed by atoms with Crippen molar-refractivity contribution >= 4 is 23.6 Å². The molecule has 5 heteroatoms. The third-order valence-electron chi connectivity index (χ3n) is 2.94. The highest BCUT2D eigenvalue weighted by Crippen LogP contribution is 2.28. The van der Waals surface area contributed by atoms with Crippen molar-refractivity contribution in [3.8, 4) is 5.75 Å². The van der Waals surface area contributed by atoms with Gasteiger partial charge in [0.1, 0.15) is 6.26 Å². The van der Waals surface area contributed by atoms with Gasteiger partial charge in [-0.1, -0.05) is 0 Å². The van der Waals surface area contributed by atoms with Crippen molar-refractivity contribution < 1.29 is 9.29 Å². The second-order valence-corrected chi connectivity index (χ2v) is 5.32. The number of benzene rings is 1. The van der Waals surface area contributed by atoms with Gasteiger partial charge in [-0.2, -0.15) is 0 Å². The molecule has 0 aliphatic carbocycles. The van der Waals surface area contributed by atoms with Crippen LogP contribution in [0.3, 0.4) is 0 Å². The molecule has 0 fully saturated rings. The Morgan fingerprint density at radius 2 is 1.82 bits per heavy atom. The Hall–Kier alpha value is -0.420. The number of nitrogens with one attached hydrogen (secondary N) is 1. The van der Waals surface area contributed by atoms with Crippen LogP contribution in [0.15, 0.2) is 17.0 Å². The Bertz CT molecular complexity index is 385. The number of halogens is 1. The molecule has 0 aromatic heterocycles. The molecule has 0 saturated carbocycles. The van der Waals surface area contributed by atoms with Gasteiger partial charge in [-0.15, -0.1) is 12.4 Å². The third kappa shape index (κ3) is 3.28. The fourth-order valence-corrected chi connectivity index (χ4v) is 2.80. The van der Waals surface area contributed by atoms with Gasteiger partial charge in [0.25, 0.3) is 0 Å². The van der Waals surface area contributed by atoms with Crippen molar-refractivity contribution in [1.29, 1.82) is 0 Å². The molecule has 1 aromatic rings. The Labute approximate surface area is 112 Å². The van der Waals surface area contributed by atoms with Gasteiger partial charge in [0.05, 0.1) is 7.11 Å². The van der Waals surface area contributed by atoms with E-state index in [0.29, 0.717) is 0 Å². The van der Waals surface area contributed by atoms with Gasteiger partial charge in [0, 0.05) is 6.07 Å². The minimum atomic E-state index is -0.990. The SMILES string of the molecule is COc1cc2c(cc1[S+](C)[O-])CCNCC2.Cl. The molecule has 17 heavy (non-hydrogen) atoms. The van der Waals surface area contributed by atoms with E-state index in [-0.39, 0.29) is 12.4 Å². The van der Waals surface area contributed by atoms with Gasteiger partial charge in [-0.25, -0.2) is 0 Å². The van der Waals surface area contributed by atoms with Crippen molar-refractivity contribution in [2.24, 2.45) is 0 Å². The second-order valence-electron chi connectivity index (χ2n) is 3.98. The zero-order valence-corrected chi connectivity index (χ0v) is 11.7. The fraction of sp³-hybridized carbons (Fsp3) is 0.500. The third-order valence-corrected chi connectivity index (χ3v) is 3.88. The van der Waals surface area contributed by atoms with Crippen molar-refractivity contribution in [2.45, 2.75) is 17.7 Å². The molecule has 96 valence electrons. The first-order chi connectivity index (χ1) is 7.72. The number of rotatable bonds is 2. The van der Waals surface area contributed by atoms with E-state index in [1.807, 2.05) is 12.1 Å². The summed E-state index contributed by atoms with van der Waals surface area (Å²) in [5.41, 5.74) is 2.62. The molecule has 0 radical (unpaired) electrons. The highest BCUT2D eigenvalue weighted by atomic mass is 35.5. The molecule has 2 rings (SSSR count). The highest BCUT2D eigenvalue weighted by molar-refractivity contribution is 7.90. The maximum atomic E-state index is 11.6. The number of methoxy groups -OCH3 is 1. The average molecular weight is 276 g/mol. The van der Waals surface area contributed by atoms with Crippen molar-refractivity contribution in [3.63, 3.8) is 0 Å². The summed E-state index contributed by atoms with van der Waals surface area (Å²) in [4.78, 5) is 0.808. The summed E-state index contributed by atoms with van der Waals surface area (Å²) >= 11 is -0.990. The summed E-state index contributed by atoms with van der Waals surface area (Å²) in [6.07, 6.45) is 3.71. The average Bonchev–Trinajstić information content (AvgIpc) is 2.51. The lowest BCUT2D eigenvalue weighted by Crippen LogP contribution is -2.16. The quantitative estimate of drug-likeness (QED) is 0.833. The van der Waals surface area contributed by atoms with Crippen LogP contribution in [0.4, 0.5) is 0 Å². The first kappa shape index (κ1) is 14.6. The number of fused-ring (bicyclic) bond motifs is 1. The number of ether oxygens (including phenoxy) is 1. The molecule has 1 N–H and O–H groups in total. The maximum absolute atomic E-state index is 11.6. The monoisotopic (exact) mass is 275 g/mol. The van der Waals surface area contributed by atoms with E-state index in [4.69, 9.17) is 4.74 Å². The molecule has 1 atom stereocenters. The standard InChI is InChI=1S/C12H17NO2S.ClH/c1-15-11-7-9-3-5-13-6-4-10(9)8-12(11)16(2)14;/h7-8,13H,3-6H2,1-2H3;1H. The van der Waals surface area contributed by atoms with Crippen molar-refractivity contribution in [2.75, 3.05) is 26.5 Å². The lowest BCUT2D eigenvalue weighted by atomic mass is 10.0. The molecule has 0 amide bonds. The zero-order valence-electron chi connectivity index (χ0n) is 10.1. The Morgan fingerprint density at radius 1 is 1.24 bits per heavy atom. The smallest absolute Gasteiger partial charge is 0.194 e. The zero-order chi connectivity index (χ0) is 11.5. The predicted molar refractivity (Wildman–Crippen MR) is 72.9 cm³/mol. The van der Waals surface area contributed by atoms with E-state index in [1.54, 1.807) is 13.4 Å². The van der Waals surface area contributed by atoms with Gasteiger partial charge in [0.15, 0.2) is 10.6 Å². The molecular formula is C12H18ClNO2S. The van der Waals surface area contributed by atoms with Crippen LogP contribution in [-0.4, -0.2) is 31.0 Å². The summed E-state index contributed by atoms with van der Waals surface area (Å²) in [5.74, 6) is 0.751. The van der Waals surface area contributed by atoms with E-state index in [0.717, 1.165) is 36.6 Å². The molecule has 1 heterocycles. The molecule has 1 unspecified atom stereocenters. The van der Waals surface area contributed by atoms with Gasteiger partial charge in [0.2, 0.25) is 0 Å². The van der Waals surface area contributed by atoms with Crippen LogP contribution in [-0.2, 0) is 24.0 Å². The van der Waals surface area contributed by atoms with Gasteiger partial charge in [-0.3, -0.25) is 0 Å². The van der Waals surface area contributed by atoms with Crippen molar-refractivity contribution in [1.82, 2.24) is 5.32 Å². The van der Waals surface area contributed by atoms with Crippen LogP contribution in [0.2, 0.25) is 0 Å². The molecular weight excluding hydrogens is 258 g/mol. The van der Waals surface area contributed by atoms with E-state index < -0.39 is 11.2 Å². The van der Waals surface area contributed by atoms with E-state index in [1.165, 1.54) is 11.1 Å². The van der Waals surface area contributed by atoms with Gasteiger partial charge >= 0.3 is 0 Å². The minimum absolute atomic E-state index is 0. The molecule has 1 aliphatic heterocycles. The summed E-state index contributed by atoms with van der Waals surface area (Å²) < 4.78 is 16.9. The Balaban J connectivity index is 0.00000144. The second kappa shape index (κ2) is 6.50. The molecule has 0 saturated heterocycles. The van der Waals surface area contributed by atoms with E-state index in [2.05, 4.69) is 5.32 Å². The molecule has 1 aromatic carbocycles. The van der Waals surface area contributed by atoms with E-state index >= 15 is 0 Å². The highest BCUT2D eigenvalue weighted by Gasteiger charge is 2.18. The Morgan fingerprint density at radius 3 is 2.35 bits per heavy atom. The minimum Gasteiger partial charge on any atom is -0.612 e. The van der Waals surface area contributed by atoms with Crippen LogP contribution in [0.25, 0.3) is 0 Å². The molecule has 1 aliphatic rings. The summed E-state index contributed by atoms with van der Waals surface area (Å²) in [6.45, 7) is 2.00. The van der Waals surface area contributed by atoms with Crippen molar-refractivity contribution in [3.05, 3.63) is 23.3 Å². The lowest BCUT2D eigenvalue weighted by Gasteiger charge is -2.13. The predicted octanol–water partition coefficient (Wildman–Crippen LogP) is 1.54. The van der Waals surface area contributed by atoms with Crippen LogP contribution < -0.4 is 10.1 Å². The van der Waals surface area contributed by atoms with Crippen LogP contribution >= 0.6 is 12.4 Å². The first-order valence-corrected chi connectivity index (χ1v) is 7.02. The van der Waals surface area contributed by atoms with Crippen LogP contribution in [0.5, 0.6) is 5.75 Å². The topological polar surface area (TPSA) is 44.3 Å². The fourth-order valence-electron chi connectivity index (χ4n) is 2.06. The molecule has 0 spiro atoms. The lowest BCUT2D eigenvalue weighted by molar-refractivity contribution is 0.402. The maximum Gasteiger partial charge on any atom is 0.194 e. The summed E-state index contributed by atoms with van der Waals surface area (Å²) in [5, 5.41) is 3.36. The van der Waals surface area contributed by atoms with Gasteiger partial charge < -0.3 is 14.6 Å². The number of hydrogen-bond acceptors (Lipinski definition) is 3. The van der Waals surface area contributed by atoms with Crippen LogP contribution in [0, 0.1) is 0 Å². The molecule has 0 bridgehead atoms. The number of hydrogen-bond donors (Lipinski definition) is 1. The molecule has 3 nitrogen and oxygen atoms in total. The Kier molecular flexibility index (Phi) is 5.59. The summed E-state index contributed by atoms with van der Waals surface area (Å²) in [6, 6.07) is 4.08. The van der Waals surface area contributed by atoms with E-state index in [9.17, 15) is 4.55 Å². The normalized spacial score (nSPS) is 16.4.